The first-order valence-corrected chi connectivity index (χ1v) is 9.62. The van der Waals surface area contributed by atoms with Crippen molar-refractivity contribution in [3.8, 4) is 0 Å². The van der Waals surface area contributed by atoms with Crippen molar-refractivity contribution in [2.75, 3.05) is 33.7 Å². The predicted octanol–water partition coefficient (Wildman–Crippen LogP) is 3.95. The Hall–Kier alpha value is -1.68. The molecule has 2 unspecified atom stereocenters. The van der Waals surface area contributed by atoms with Crippen LogP contribution in [0.1, 0.15) is 31.9 Å². The Labute approximate surface area is 160 Å². The average molecular weight is 354 g/mol. The predicted molar refractivity (Wildman–Crippen MR) is 114 cm³/mol. The second kappa shape index (κ2) is 9.86. The molecule has 1 N–H and O–H groups in total. The molecule has 142 valence electrons. The molecule has 0 saturated carbocycles. The van der Waals surface area contributed by atoms with E-state index in [0.29, 0.717) is 12.1 Å². The van der Waals surface area contributed by atoms with Crippen LogP contribution in [0.5, 0.6) is 0 Å². The molecule has 3 heteroatoms. The summed E-state index contributed by atoms with van der Waals surface area (Å²) >= 11 is 0. The van der Waals surface area contributed by atoms with Crippen molar-refractivity contribution in [1.29, 1.82) is 0 Å². The highest BCUT2D eigenvalue weighted by Crippen LogP contribution is 2.24. The molecule has 0 bridgehead atoms. The summed E-state index contributed by atoms with van der Waals surface area (Å²) in [4.78, 5) is 4.70. The first-order valence-electron chi connectivity index (χ1n) is 9.62. The zero-order valence-corrected chi connectivity index (χ0v) is 17.1. The summed E-state index contributed by atoms with van der Waals surface area (Å²) in [5.41, 5.74) is 4.97. The van der Waals surface area contributed by atoms with Crippen LogP contribution in [-0.4, -0.2) is 55.6 Å². The van der Waals surface area contributed by atoms with Gasteiger partial charge in [-0.15, -0.1) is 0 Å². The maximum Gasteiger partial charge on any atom is 0.0235 e. The number of nitrogens with one attached hydrogen (secondary N) is 1. The number of nitrogens with zero attached hydrogens (tertiary/aromatic N) is 2. The third kappa shape index (κ3) is 6.24. The lowest BCUT2D eigenvalue weighted by Crippen LogP contribution is -2.53. The molecule has 0 amide bonds. The Morgan fingerprint density at radius 3 is 2.35 bits per heavy atom. The van der Waals surface area contributed by atoms with Gasteiger partial charge in [0.1, 0.15) is 0 Å². The van der Waals surface area contributed by atoms with Gasteiger partial charge in [0.25, 0.3) is 0 Å². The molecule has 0 radical (unpaired) electrons. The quantitative estimate of drug-likeness (QED) is 0.749. The minimum absolute atomic E-state index is 0.558. The number of rotatable bonds is 7. The van der Waals surface area contributed by atoms with E-state index >= 15 is 0 Å². The normalized spacial score (nSPS) is 22.3. The van der Waals surface area contributed by atoms with E-state index in [2.05, 4.69) is 92.1 Å². The molecule has 1 aromatic rings. The van der Waals surface area contributed by atoms with Gasteiger partial charge in [-0.1, -0.05) is 49.1 Å². The van der Waals surface area contributed by atoms with Crippen LogP contribution in [0.2, 0.25) is 0 Å². The number of allylic oxidation sites excluding steroid dienone is 3. The molecule has 1 aliphatic heterocycles. The van der Waals surface area contributed by atoms with E-state index in [0.717, 1.165) is 31.8 Å². The van der Waals surface area contributed by atoms with E-state index < -0.39 is 0 Å². The van der Waals surface area contributed by atoms with Gasteiger partial charge in [0.05, 0.1) is 0 Å². The molecule has 1 saturated heterocycles. The summed E-state index contributed by atoms with van der Waals surface area (Å²) in [6.45, 7) is 15.0. The van der Waals surface area contributed by atoms with Crippen LogP contribution >= 0.6 is 0 Å². The van der Waals surface area contributed by atoms with Crippen molar-refractivity contribution in [2.45, 2.75) is 39.4 Å². The smallest absolute Gasteiger partial charge is 0.0235 e. The highest BCUT2D eigenvalue weighted by molar-refractivity contribution is 5.79. The summed E-state index contributed by atoms with van der Waals surface area (Å²) in [6, 6.07) is 10.1. The van der Waals surface area contributed by atoms with Gasteiger partial charge in [0, 0.05) is 38.3 Å². The van der Waals surface area contributed by atoms with E-state index in [-0.39, 0.29) is 0 Å². The minimum Gasteiger partial charge on any atom is -0.309 e. The fraction of sp³-hybridized carbons (Fsp3) is 0.478. The highest BCUT2D eigenvalue weighted by atomic mass is 15.2. The molecular formula is C23H35N3. The Kier molecular flexibility index (Phi) is 7.83. The van der Waals surface area contributed by atoms with Crippen LogP contribution in [0.3, 0.4) is 0 Å². The molecule has 2 atom stereocenters. The standard InChI is InChI=1S/C23H35N3/c1-7-8-9-23(18(2)14-25(5)6)22-12-10-21(11-13-22)17-26-15-19(3)24-20(4)16-26/h7-13,19-20,24H,2,14-17H2,1,3-6H3/b8-7-,23-9+. The fourth-order valence-electron chi connectivity index (χ4n) is 3.69. The second-order valence-corrected chi connectivity index (χ2v) is 7.81. The largest absolute Gasteiger partial charge is 0.309 e. The van der Waals surface area contributed by atoms with E-state index in [9.17, 15) is 0 Å². The van der Waals surface area contributed by atoms with E-state index in [1.165, 1.54) is 16.7 Å². The van der Waals surface area contributed by atoms with Gasteiger partial charge in [-0.25, -0.2) is 0 Å². The van der Waals surface area contributed by atoms with Gasteiger partial charge in [-0.05, 0) is 57.1 Å². The number of hydrogen-bond donors (Lipinski definition) is 1. The first kappa shape index (κ1) is 20.6. The highest BCUT2D eigenvalue weighted by Gasteiger charge is 2.20. The van der Waals surface area contributed by atoms with Gasteiger partial charge >= 0.3 is 0 Å². The fourth-order valence-corrected chi connectivity index (χ4v) is 3.69. The van der Waals surface area contributed by atoms with Gasteiger partial charge in [-0.3, -0.25) is 4.90 Å². The van der Waals surface area contributed by atoms with Crippen LogP contribution in [-0.2, 0) is 6.54 Å². The van der Waals surface area contributed by atoms with Crippen molar-refractivity contribution in [1.82, 2.24) is 15.1 Å². The lowest BCUT2D eigenvalue weighted by atomic mass is 9.97. The molecule has 26 heavy (non-hydrogen) atoms. The topological polar surface area (TPSA) is 18.5 Å². The minimum atomic E-state index is 0.558. The molecule has 1 aromatic carbocycles. The molecule has 2 rings (SSSR count). The van der Waals surface area contributed by atoms with Gasteiger partial charge in [0.2, 0.25) is 0 Å². The number of benzene rings is 1. The van der Waals surface area contributed by atoms with Crippen LogP contribution in [0.15, 0.2) is 54.6 Å². The lowest BCUT2D eigenvalue weighted by Gasteiger charge is -2.36. The van der Waals surface area contributed by atoms with Crippen molar-refractivity contribution in [2.24, 2.45) is 0 Å². The SMILES string of the molecule is C=C(CN(C)C)/C(=C\C=C/C)c1ccc(CN2CC(C)NC(C)C2)cc1. The molecular weight excluding hydrogens is 318 g/mol. The Morgan fingerprint density at radius 1 is 1.19 bits per heavy atom. The summed E-state index contributed by atoms with van der Waals surface area (Å²) < 4.78 is 0. The molecule has 3 nitrogen and oxygen atoms in total. The van der Waals surface area contributed by atoms with E-state index in [4.69, 9.17) is 0 Å². The molecule has 1 fully saturated rings. The van der Waals surface area contributed by atoms with Gasteiger partial charge in [0.15, 0.2) is 0 Å². The average Bonchev–Trinajstić information content (AvgIpc) is 2.55. The Bertz CT molecular complexity index is 630. The summed E-state index contributed by atoms with van der Waals surface area (Å²) in [7, 11) is 4.16. The number of likely N-dealkylation sites (N-methyl/N-ethyl adjacent to an activating group) is 1. The van der Waals surface area contributed by atoms with Crippen molar-refractivity contribution in [3.63, 3.8) is 0 Å². The van der Waals surface area contributed by atoms with Crippen molar-refractivity contribution < 1.29 is 0 Å². The number of hydrogen-bond acceptors (Lipinski definition) is 3. The van der Waals surface area contributed by atoms with Crippen molar-refractivity contribution >= 4 is 5.57 Å². The van der Waals surface area contributed by atoms with Crippen LogP contribution in [0, 0.1) is 0 Å². The molecule has 0 aliphatic carbocycles. The maximum absolute atomic E-state index is 4.30. The van der Waals surface area contributed by atoms with Gasteiger partial charge < -0.3 is 10.2 Å². The second-order valence-electron chi connectivity index (χ2n) is 7.81. The first-order chi connectivity index (χ1) is 12.4. The lowest BCUT2D eigenvalue weighted by molar-refractivity contribution is 0.166. The summed E-state index contributed by atoms with van der Waals surface area (Å²) in [6.07, 6.45) is 6.32. The summed E-state index contributed by atoms with van der Waals surface area (Å²) in [5, 5.41) is 3.60. The zero-order chi connectivity index (χ0) is 19.1. The van der Waals surface area contributed by atoms with Crippen LogP contribution in [0.25, 0.3) is 5.57 Å². The molecule has 1 aliphatic rings. The molecule has 0 aromatic heterocycles. The van der Waals surface area contributed by atoms with Gasteiger partial charge in [-0.2, -0.15) is 0 Å². The monoisotopic (exact) mass is 353 g/mol. The third-order valence-electron chi connectivity index (χ3n) is 4.65. The van der Waals surface area contributed by atoms with Crippen LogP contribution in [0.4, 0.5) is 0 Å². The summed E-state index contributed by atoms with van der Waals surface area (Å²) in [5.74, 6) is 0. The molecule has 0 spiro atoms. The van der Waals surface area contributed by atoms with Crippen molar-refractivity contribution in [3.05, 3.63) is 65.8 Å². The van der Waals surface area contributed by atoms with E-state index in [1.54, 1.807) is 0 Å². The Morgan fingerprint density at radius 2 is 1.81 bits per heavy atom. The maximum atomic E-state index is 4.30. The van der Waals surface area contributed by atoms with Crippen LogP contribution < -0.4 is 5.32 Å². The molecule has 1 heterocycles. The Balaban J connectivity index is 2.11. The number of piperazine rings is 1. The zero-order valence-electron chi connectivity index (χ0n) is 17.1. The third-order valence-corrected chi connectivity index (χ3v) is 4.65. The van der Waals surface area contributed by atoms with E-state index in [1.807, 2.05) is 6.92 Å².